The van der Waals surface area contributed by atoms with Gasteiger partial charge in [0.05, 0.1) is 17.8 Å². The number of carbonyl (C=O) groups excluding carboxylic acids is 3. The van der Waals surface area contributed by atoms with Gasteiger partial charge in [-0.15, -0.1) is 0 Å². The van der Waals surface area contributed by atoms with E-state index in [1.54, 1.807) is 6.07 Å². The highest BCUT2D eigenvalue weighted by Crippen LogP contribution is 2.30. The molecule has 2 aliphatic rings. The van der Waals surface area contributed by atoms with Crippen LogP contribution in [0.1, 0.15) is 52.6 Å². The summed E-state index contributed by atoms with van der Waals surface area (Å²) in [7, 11) is 0. The third-order valence-corrected chi connectivity index (χ3v) is 8.08. The average molecular weight is 568 g/mol. The van der Waals surface area contributed by atoms with Gasteiger partial charge in [-0.1, -0.05) is 63.2 Å². The van der Waals surface area contributed by atoms with Gasteiger partial charge in [-0.2, -0.15) is 0 Å². The summed E-state index contributed by atoms with van der Waals surface area (Å²) in [6.45, 7) is 11.7. The second kappa shape index (κ2) is 12.8. The van der Waals surface area contributed by atoms with E-state index in [4.69, 9.17) is 0 Å². The van der Waals surface area contributed by atoms with Crippen LogP contribution in [-0.4, -0.2) is 79.9 Å². The zero-order valence-corrected chi connectivity index (χ0v) is 24.9. The summed E-state index contributed by atoms with van der Waals surface area (Å²) >= 11 is 0. The van der Waals surface area contributed by atoms with E-state index in [1.807, 2.05) is 76.5 Å². The van der Waals surface area contributed by atoms with Crippen molar-refractivity contribution in [3.63, 3.8) is 0 Å². The van der Waals surface area contributed by atoms with Crippen molar-refractivity contribution in [2.24, 2.45) is 0 Å². The Kier molecular flexibility index (Phi) is 8.92. The Morgan fingerprint density at radius 2 is 1.40 bits per heavy atom. The van der Waals surface area contributed by atoms with E-state index in [0.717, 1.165) is 29.9 Å². The van der Waals surface area contributed by atoms with Crippen LogP contribution in [0.4, 0.5) is 11.4 Å². The quantitative estimate of drug-likeness (QED) is 0.467. The lowest BCUT2D eigenvalue weighted by atomic mass is 9.86. The largest absolute Gasteiger partial charge is 0.366 e. The van der Waals surface area contributed by atoms with Crippen LogP contribution in [0, 0.1) is 0 Å². The molecule has 0 radical (unpaired) electrons. The summed E-state index contributed by atoms with van der Waals surface area (Å²) in [6.07, 6.45) is 0.388. The smallest absolute Gasteiger partial charge is 0.255 e. The van der Waals surface area contributed by atoms with Gasteiger partial charge in [-0.05, 0) is 46.9 Å². The van der Waals surface area contributed by atoms with Crippen molar-refractivity contribution in [3.05, 3.63) is 95.1 Å². The molecule has 2 fully saturated rings. The fraction of sp³-hybridized carbons (Fsp3) is 0.382. The van der Waals surface area contributed by atoms with Crippen LogP contribution in [0.2, 0.25) is 0 Å². The zero-order valence-electron chi connectivity index (χ0n) is 24.9. The fourth-order valence-electron chi connectivity index (χ4n) is 5.49. The molecular formula is C34H41N5O3. The standard InChI is InChI=1S/C34H41N5O3/c1-34(2,3)28-12-9-26(10-13-28)32(41)36-29-24-27(33(42)39-17-15-35-16-18-39)11-14-30(29)37-19-21-38(22-20-37)31(40)23-25-7-5-4-6-8-25/h4-14,24,35H,15-23H2,1-3H3,(H,36,41). The normalized spacial score (nSPS) is 15.8. The molecule has 0 bridgehead atoms. The molecule has 5 rings (SSSR count). The fourth-order valence-corrected chi connectivity index (χ4v) is 5.49. The number of carbonyl (C=O) groups is 3. The number of amides is 3. The SMILES string of the molecule is CC(C)(C)c1ccc(C(=O)Nc2cc(C(=O)N3CCNCC3)ccc2N2CCN(C(=O)Cc3ccccc3)CC2)cc1. The molecule has 3 aromatic carbocycles. The maximum atomic E-state index is 13.4. The summed E-state index contributed by atoms with van der Waals surface area (Å²) in [6, 6.07) is 23.1. The van der Waals surface area contributed by atoms with E-state index >= 15 is 0 Å². The first-order chi connectivity index (χ1) is 20.2. The zero-order chi connectivity index (χ0) is 29.7. The molecule has 0 aliphatic carbocycles. The van der Waals surface area contributed by atoms with Gasteiger partial charge in [-0.25, -0.2) is 0 Å². The van der Waals surface area contributed by atoms with Gasteiger partial charge in [0.25, 0.3) is 11.8 Å². The minimum atomic E-state index is -0.222. The van der Waals surface area contributed by atoms with Crippen molar-refractivity contribution < 1.29 is 14.4 Å². The molecular weight excluding hydrogens is 526 g/mol. The van der Waals surface area contributed by atoms with Gasteiger partial charge in [0.2, 0.25) is 5.91 Å². The van der Waals surface area contributed by atoms with Crippen LogP contribution < -0.4 is 15.5 Å². The number of nitrogens with zero attached hydrogens (tertiary/aromatic N) is 3. The topological polar surface area (TPSA) is 85.0 Å². The van der Waals surface area contributed by atoms with E-state index in [2.05, 4.69) is 36.3 Å². The van der Waals surface area contributed by atoms with Crippen LogP contribution in [0.25, 0.3) is 0 Å². The molecule has 2 saturated heterocycles. The first kappa shape index (κ1) is 29.3. The van der Waals surface area contributed by atoms with Crippen LogP contribution in [0.5, 0.6) is 0 Å². The van der Waals surface area contributed by atoms with Crippen molar-refractivity contribution in [2.45, 2.75) is 32.6 Å². The third-order valence-electron chi connectivity index (χ3n) is 8.08. The molecule has 0 atom stereocenters. The number of hydrogen-bond acceptors (Lipinski definition) is 5. The summed E-state index contributed by atoms with van der Waals surface area (Å²) in [5.41, 5.74) is 4.72. The molecule has 42 heavy (non-hydrogen) atoms. The van der Waals surface area contributed by atoms with Gasteiger partial charge < -0.3 is 25.3 Å². The van der Waals surface area contributed by atoms with E-state index in [-0.39, 0.29) is 23.1 Å². The maximum absolute atomic E-state index is 13.4. The lowest BCUT2D eigenvalue weighted by Crippen LogP contribution is -2.49. The Balaban J connectivity index is 1.34. The Hall–Kier alpha value is -4.17. The molecule has 2 N–H and O–H groups in total. The highest BCUT2D eigenvalue weighted by Gasteiger charge is 2.25. The maximum Gasteiger partial charge on any atom is 0.255 e. The first-order valence-electron chi connectivity index (χ1n) is 14.8. The number of rotatable bonds is 6. The van der Waals surface area contributed by atoms with Crippen molar-refractivity contribution in [1.82, 2.24) is 15.1 Å². The van der Waals surface area contributed by atoms with Gasteiger partial charge in [0.15, 0.2) is 0 Å². The third kappa shape index (κ3) is 6.99. The summed E-state index contributed by atoms with van der Waals surface area (Å²) in [4.78, 5) is 45.6. The Labute approximate surface area is 248 Å². The van der Waals surface area contributed by atoms with E-state index in [1.165, 1.54) is 0 Å². The highest BCUT2D eigenvalue weighted by atomic mass is 16.2. The first-order valence-corrected chi connectivity index (χ1v) is 14.8. The van der Waals surface area contributed by atoms with Gasteiger partial charge in [0, 0.05) is 63.5 Å². The lowest BCUT2D eigenvalue weighted by Gasteiger charge is -2.37. The predicted octanol–water partition coefficient (Wildman–Crippen LogP) is 4.17. The van der Waals surface area contributed by atoms with E-state index < -0.39 is 0 Å². The molecule has 8 heteroatoms. The number of anilines is 2. The number of benzene rings is 3. The Morgan fingerprint density at radius 3 is 2.05 bits per heavy atom. The molecule has 2 aliphatic heterocycles. The van der Waals surface area contributed by atoms with Gasteiger partial charge in [-0.3, -0.25) is 14.4 Å². The molecule has 3 aromatic rings. The Bertz CT molecular complexity index is 1400. The van der Waals surface area contributed by atoms with Crippen LogP contribution >= 0.6 is 0 Å². The molecule has 0 saturated carbocycles. The van der Waals surface area contributed by atoms with Crippen molar-refractivity contribution in [3.8, 4) is 0 Å². The average Bonchev–Trinajstić information content (AvgIpc) is 3.01. The Morgan fingerprint density at radius 1 is 0.762 bits per heavy atom. The minimum Gasteiger partial charge on any atom is -0.366 e. The summed E-state index contributed by atoms with van der Waals surface area (Å²) in [5, 5.41) is 6.38. The second-order valence-corrected chi connectivity index (χ2v) is 12.1. The van der Waals surface area contributed by atoms with Crippen LogP contribution in [0.15, 0.2) is 72.8 Å². The number of hydrogen-bond donors (Lipinski definition) is 2. The second-order valence-electron chi connectivity index (χ2n) is 12.1. The van der Waals surface area contributed by atoms with Crippen molar-refractivity contribution >= 4 is 29.1 Å². The summed E-state index contributed by atoms with van der Waals surface area (Å²) < 4.78 is 0. The van der Waals surface area contributed by atoms with E-state index in [9.17, 15) is 14.4 Å². The molecule has 3 amide bonds. The van der Waals surface area contributed by atoms with Gasteiger partial charge >= 0.3 is 0 Å². The molecule has 8 nitrogen and oxygen atoms in total. The highest BCUT2D eigenvalue weighted by molar-refractivity contribution is 6.07. The number of piperazine rings is 2. The minimum absolute atomic E-state index is 0.00847. The predicted molar refractivity (Wildman–Crippen MR) is 167 cm³/mol. The molecule has 2 heterocycles. The summed E-state index contributed by atoms with van der Waals surface area (Å²) in [5.74, 6) is -0.144. The molecule has 0 spiro atoms. The molecule has 220 valence electrons. The monoisotopic (exact) mass is 567 g/mol. The van der Waals surface area contributed by atoms with Gasteiger partial charge in [0.1, 0.15) is 0 Å². The van der Waals surface area contributed by atoms with Crippen molar-refractivity contribution in [1.29, 1.82) is 0 Å². The molecule has 0 aromatic heterocycles. The molecule has 0 unspecified atom stereocenters. The lowest BCUT2D eigenvalue weighted by molar-refractivity contribution is -0.130. The van der Waals surface area contributed by atoms with Crippen LogP contribution in [-0.2, 0) is 16.6 Å². The van der Waals surface area contributed by atoms with E-state index in [0.29, 0.717) is 62.5 Å². The van der Waals surface area contributed by atoms with Crippen molar-refractivity contribution in [2.75, 3.05) is 62.6 Å². The number of nitrogens with one attached hydrogen (secondary N) is 2. The van der Waals surface area contributed by atoms with Crippen LogP contribution in [0.3, 0.4) is 0 Å².